The molecule has 0 aliphatic carbocycles. The van der Waals surface area contributed by atoms with Gasteiger partial charge in [-0.3, -0.25) is 0 Å². The van der Waals surface area contributed by atoms with Crippen molar-refractivity contribution < 1.29 is 5.11 Å². The Morgan fingerprint density at radius 2 is 1.40 bits per heavy atom. The summed E-state index contributed by atoms with van der Waals surface area (Å²) >= 11 is 30.2. The molecule has 0 aliphatic heterocycles. The average molecular weight is 370 g/mol. The predicted molar refractivity (Wildman–Crippen MR) is 86.2 cm³/mol. The van der Waals surface area contributed by atoms with Crippen molar-refractivity contribution >= 4 is 58.0 Å². The van der Waals surface area contributed by atoms with Gasteiger partial charge in [-0.2, -0.15) is 0 Å². The van der Waals surface area contributed by atoms with E-state index >= 15 is 0 Å². The lowest BCUT2D eigenvalue weighted by molar-refractivity contribution is 0.0851. The van der Waals surface area contributed by atoms with Crippen molar-refractivity contribution in [2.75, 3.05) is 0 Å². The Bertz CT molecular complexity index is 609. The molecule has 0 bridgehead atoms. The number of hydrogen-bond donors (Lipinski definition) is 1. The van der Waals surface area contributed by atoms with Gasteiger partial charge in [0.05, 0.1) is 10.0 Å². The standard InChI is InChI=1S/C14H9Cl5O/c15-11-8-4-7-10(12(11)16)13(20,14(17,18)19)9-5-2-1-3-6-9/h1-8,20H. The van der Waals surface area contributed by atoms with Gasteiger partial charge in [-0.05, 0) is 11.6 Å². The van der Waals surface area contributed by atoms with Crippen molar-refractivity contribution in [3.63, 3.8) is 0 Å². The van der Waals surface area contributed by atoms with E-state index < -0.39 is 9.39 Å². The molecule has 0 aromatic heterocycles. The van der Waals surface area contributed by atoms with E-state index in [1.807, 2.05) is 0 Å². The zero-order valence-electron chi connectivity index (χ0n) is 9.96. The van der Waals surface area contributed by atoms with Gasteiger partial charge in [0.1, 0.15) is 0 Å². The van der Waals surface area contributed by atoms with Crippen molar-refractivity contribution in [1.29, 1.82) is 0 Å². The molecule has 0 fully saturated rings. The molecule has 1 N–H and O–H groups in total. The Balaban J connectivity index is 2.75. The van der Waals surface area contributed by atoms with E-state index in [0.29, 0.717) is 5.56 Å². The summed E-state index contributed by atoms with van der Waals surface area (Å²) in [5.41, 5.74) is -1.27. The van der Waals surface area contributed by atoms with Crippen LogP contribution in [-0.2, 0) is 5.60 Å². The van der Waals surface area contributed by atoms with Crippen LogP contribution in [0.1, 0.15) is 11.1 Å². The van der Waals surface area contributed by atoms with E-state index in [0.717, 1.165) is 0 Å². The van der Waals surface area contributed by atoms with Crippen LogP contribution in [0, 0.1) is 0 Å². The van der Waals surface area contributed by atoms with E-state index in [2.05, 4.69) is 0 Å². The fourth-order valence-electron chi connectivity index (χ4n) is 1.93. The summed E-state index contributed by atoms with van der Waals surface area (Å²) in [6.45, 7) is 0. The molecule has 2 aromatic carbocycles. The predicted octanol–water partition coefficient (Wildman–Crippen LogP) is 5.60. The Morgan fingerprint density at radius 3 is 1.95 bits per heavy atom. The average Bonchev–Trinajstić information content (AvgIpc) is 2.41. The number of aliphatic hydroxyl groups is 1. The summed E-state index contributed by atoms with van der Waals surface area (Å²) in [4.78, 5) is 0. The van der Waals surface area contributed by atoms with Crippen LogP contribution in [0.5, 0.6) is 0 Å². The first-order chi connectivity index (χ1) is 9.28. The summed E-state index contributed by atoms with van der Waals surface area (Å²) in [5.74, 6) is 0. The van der Waals surface area contributed by atoms with Crippen LogP contribution in [0.25, 0.3) is 0 Å². The van der Waals surface area contributed by atoms with Crippen molar-refractivity contribution in [2.45, 2.75) is 9.39 Å². The summed E-state index contributed by atoms with van der Waals surface area (Å²) in [6.07, 6.45) is 0. The first kappa shape index (κ1) is 16.2. The molecule has 1 unspecified atom stereocenters. The molecule has 20 heavy (non-hydrogen) atoms. The number of benzene rings is 2. The third-order valence-corrected chi connectivity index (χ3v) is 4.58. The lowest BCUT2D eigenvalue weighted by Gasteiger charge is -2.36. The third kappa shape index (κ3) is 2.76. The topological polar surface area (TPSA) is 20.2 Å². The SMILES string of the molecule is OC(c1ccccc1)(c1cccc(Cl)c1Cl)C(Cl)(Cl)Cl. The summed E-state index contributed by atoms with van der Waals surface area (Å²) in [5, 5.41) is 11.5. The molecule has 2 rings (SSSR count). The largest absolute Gasteiger partial charge is 0.376 e. The van der Waals surface area contributed by atoms with Gasteiger partial charge in [-0.25, -0.2) is 0 Å². The zero-order chi connectivity index (χ0) is 15.0. The van der Waals surface area contributed by atoms with Crippen LogP contribution in [0.2, 0.25) is 10.0 Å². The molecule has 0 amide bonds. The second kappa shape index (κ2) is 5.92. The van der Waals surface area contributed by atoms with Crippen LogP contribution in [0.3, 0.4) is 0 Å². The maximum absolute atomic E-state index is 11.1. The highest BCUT2D eigenvalue weighted by molar-refractivity contribution is 6.68. The van der Waals surface area contributed by atoms with E-state index in [4.69, 9.17) is 58.0 Å². The van der Waals surface area contributed by atoms with E-state index in [-0.39, 0.29) is 15.6 Å². The quantitative estimate of drug-likeness (QED) is 0.682. The first-order valence-electron chi connectivity index (χ1n) is 5.57. The molecule has 0 radical (unpaired) electrons. The maximum atomic E-state index is 11.1. The maximum Gasteiger partial charge on any atom is 0.227 e. The van der Waals surface area contributed by atoms with Gasteiger partial charge in [0, 0.05) is 5.56 Å². The molecule has 106 valence electrons. The van der Waals surface area contributed by atoms with Crippen molar-refractivity contribution in [3.8, 4) is 0 Å². The fraction of sp³-hybridized carbons (Fsp3) is 0.143. The Hall–Kier alpha value is -0.150. The lowest BCUT2D eigenvalue weighted by atomic mass is 9.87. The highest BCUT2D eigenvalue weighted by Gasteiger charge is 2.51. The third-order valence-electron chi connectivity index (χ3n) is 2.94. The molecule has 0 saturated carbocycles. The molecular weight excluding hydrogens is 361 g/mol. The van der Waals surface area contributed by atoms with Crippen molar-refractivity contribution in [3.05, 3.63) is 69.7 Å². The minimum Gasteiger partial charge on any atom is -0.376 e. The summed E-state index contributed by atoms with van der Waals surface area (Å²) in [6, 6.07) is 13.4. The molecule has 2 aromatic rings. The van der Waals surface area contributed by atoms with Gasteiger partial charge in [-0.1, -0.05) is 100 Å². The van der Waals surface area contributed by atoms with Gasteiger partial charge in [0.15, 0.2) is 5.60 Å². The lowest BCUT2D eigenvalue weighted by Crippen LogP contribution is -2.41. The summed E-state index contributed by atoms with van der Waals surface area (Å²) in [7, 11) is 0. The molecule has 0 heterocycles. The van der Waals surface area contributed by atoms with E-state index in [1.54, 1.807) is 48.5 Å². The van der Waals surface area contributed by atoms with E-state index in [9.17, 15) is 5.11 Å². The second-order valence-corrected chi connectivity index (χ2v) is 7.24. The Morgan fingerprint density at radius 1 is 0.800 bits per heavy atom. The van der Waals surface area contributed by atoms with Crippen LogP contribution < -0.4 is 0 Å². The van der Waals surface area contributed by atoms with Gasteiger partial charge in [0.2, 0.25) is 3.79 Å². The molecule has 0 saturated heterocycles. The normalized spacial score (nSPS) is 14.9. The number of alkyl halides is 3. The van der Waals surface area contributed by atoms with E-state index in [1.165, 1.54) is 0 Å². The highest BCUT2D eigenvalue weighted by Crippen LogP contribution is 2.51. The van der Waals surface area contributed by atoms with Crippen LogP contribution in [-0.4, -0.2) is 8.90 Å². The van der Waals surface area contributed by atoms with Crippen LogP contribution in [0.4, 0.5) is 0 Å². The molecule has 1 nitrogen and oxygen atoms in total. The minimum atomic E-state index is -2.03. The van der Waals surface area contributed by atoms with Crippen LogP contribution in [0.15, 0.2) is 48.5 Å². The molecule has 1 atom stereocenters. The molecule has 0 spiro atoms. The van der Waals surface area contributed by atoms with Gasteiger partial charge in [0.25, 0.3) is 0 Å². The monoisotopic (exact) mass is 368 g/mol. The zero-order valence-corrected chi connectivity index (χ0v) is 13.7. The number of halogens is 5. The highest BCUT2D eigenvalue weighted by atomic mass is 35.6. The molecule has 6 heteroatoms. The Labute approximate surface area is 142 Å². The van der Waals surface area contributed by atoms with Crippen molar-refractivity contribution in [2.24, 2.45) is 0 Å². The first-order valence-corrected chi connectivity index (χ1v) is 7.46. The van der Waals surface area contributed by atoms with Crippen LogP contribution >= 0.6 is 58.0 Å². The fourth-order valence-corrected chi connectivity index (χ4v) is 3.00. The Kier molecular flexibility index (Phi) is 4.80. The molecular formula is C14H9Cl5O. The summed E-state index contributed by atoms with van der Waals surface area (Å²) < 4.78 is -2.03. The number of rotatable bonds is 2. The van der Waals surface area contributed by atoms with Crippen molar-refractivity contribution in [1.82, 2.24) is 0 Å². The van der Waals surface area contributed by atoms with Gasteiger partial charge < -0.3 is 5.11 Å². The second-order valence-electron chi connectivity index (χ2n) is 4.18. The molecule has 0 aliphatic rings. The number of hydrogen-bond acceptors (Lipinski definition) is 1. The minimum absolute atomic E-state index is 0.145. The van der Waals surface area contributed by atoms with Gasteiger partial charge >= 0.3 is 0 Å². The van der Waals surface area contributed by atoms with Gasteiger partial charge in [-0.15, -0.1) is 0 Å². The smallest absolute Gasteiger partial charge is 0.227 e.